The molecule has 0 unspecified atom stereocenters. The zero-order chi connectivity index (χ0) is 12.7. The fourth-order valence-corrected chi connectivity index (χ4v) is 1.82. The van der Waals surface area contributed by atoms with Crippen LogP contribution in [0.5, 0.6) is 0 Å². The second-order valence-electron chi connectivity index (χ2n) is 4.32. The van der Waals surface area contributed by atoms with Crippen LogP contribution >= 0.6 is 0 Å². The minimum absolute atomic E-state index is 0.0823. The number of rotatable bonds is 6. The van der Waals surface area contributed by atoms with Crippen LogP contribution in [0.2, 0.25) is 0 Å². The van der Waals surface area contributed by atoms with E-state index in [0.29, 0.717) is 11.4 Å². The van der Waals surface area contributed by atoms with Crippen molar-refractivity contribution in [3.05, 3.63) is 24.3 Å². The van der Waals surface area contributed by atoms with Gasteiger partial charge in [0.2, 0.25) is 5.91 Å². The molecule has 3 N–H and O–H groups in total. The number of anilines is 2. The van der Waals surface area contributed by atoms with E-state index in [4.69, 9.17) is 5.73 Å². The Hall–Kier alpha value is -1.51. The van der Waals surface area contributed by atoms with Crippen molar-refractivity contribution in [3.63, 3.8) is 0 Å². The first kappa shape index (κ1) is 13.6. The standard InChI is InChI=1S/C14H22N2O/c1-3-5-8-11(4-2)14(17)16-13-10-7-6-9-12(13)15/h6-7,9-11H,3-5,8,15H2,1-2H3,(H,16,17)/t11-/m0/s1. The molecule has 0 aliphatic heterocycles. The summed E-state index contributed by atoms with van der Waals surface area (Å²) in [4.78, 5) is 12.0. The molecule has 0 fully saturated rings. The molecule has 0 aromatic heterocycles. The van der Waals surface area contributed by atoms with Gasteiger partial charge in [0, 0.05) is 5.92 Å². The maximum atomic E-state index is 12.0. The highest BCUT2D eigenvalue weighted by Crippen LogP contribution is 2.20. The topological polar surface area (TPSA) is 55.1 Å². The molecule has 0 heterocycles. The van der Waals surface area contributed by atoms with Gasteiger partial charge in [-0.2, -0.15) is 0 Å². The van der Waals surface area contributed by atoms with Crippen molar-refractivity contribution in [3.8, 4) is 0 Å². The molecule has 0 aliphatic rings. The number of carbonyl (C=O) groups excluding carboxylic acids is 1. The van der Waals surface area contributed by atoms with Crippen LogP contribution in [0.1, 0.15) is 39.5 Å². The minimum atomic E-state index is 0.0823. The lowest BCUT2D eigenvalue weighted by atomic mass is 9.98. The van der Waals surface area contributed by atoms with E-state index in [1.807, 2.05) is 25.1 Å². The van der Waals surface area contributed by atoms with E-state index in [1.165, 1.54) is 0 Å². The van der Waals surface area contributed by atoms with Crippen molar-refractivity contribution >= 4 is 17.3 Å². The van der Waals surface area contributed by atoms with E-state index in [1.54, 1.807) is 6.07 Å². The first-order chi connectivity index (χ1) is 8.19. The molecule has 3 heteroatoms. The van der Waals surface area contributed by atoms with Crippen LogP contribution in [0.25, 0.3) is 0 Å². The summed E-state index contributed by atoms with van der Waals surface area (Å²) in [6, 6.07) is 7.36. The minimum Gasteiger partial charge on any atom is -0.397 e. The van der Waals surface area contributed by atoms with Crippen molar-refractivity contribution in [2.75, 3.05) is 11.1 Å². The highest BCUT2D eigenvalue weighted by Gasteiger charge is 2.16. The Morgan fingerprint density at radius 1 is 1.35 bits per heavy atom. The number of nitrogen functional groups attached to an aromatic ring is 1. The normalized spacial score (nSPS) is 12.1. The maximum absolute atomic E-state index is 12.0. The first-order valence-electron chi connectivity index (χ1n) is 6.34. The van der Waals surface area contributed by atoms with Gasteiger partial charge in [0.1, 0.15) is 0 Å². The average molecular weight is 234 g/mol. The molecule has 0 bridgehead atoms. The molecule has 17 heavy (non-hydrogen) atoms. The molecule has 1 atom stereocenters. The van der Waals surface area contributed by atoms with Crippen LogP contribution in [0.3, 0.4) is 0 Å². The molecular formula is C14H22N2O. The molecule has 1 aromatic carbocycles. The Balaban J connectivity index is 2.61. The van der Waals surface area contributed by atoms with Gasteiger partial charge in [0.15, 0.2) is 0 Å². The van der Waals surface area contributed by atoms with Crippen LogP contribution in [-0.2, 0) is 4.79 Å². The van der Waals surface area contributed by atoms with Crippen molar-refractivity contribution < 1.29 is 4.79 Å². The Kier molecular flexibility index (Phi) is 5.53. The SMILES string of the molecule is CCCC[C@H](CC)C(=O)Nc1ccccc1N. The van der Waals surface area contributed by atoms with Crippen LogP contribution in [0.4, 0.5) is 11.4 Å². The van der Waals surface area contributed by atoms with E-state index in [9.17, 15) is 4.79 Å². The Labute approximate surface area is 103 Å². The van der Waals surface area contributed by atoms with E-state index < -0.39 is 0 Å². The largest absolute Gasteiger partial charge is 0.397 e. The summed E-state index contributed by atoms with van der Waals surface area (Å²) >= 11 is 0. The van der Waals surface area contributed by atoms with Gasteiger partial charge >= 0.3 is 0 Å². The summed E-state index contributed by atoms with van der Waals surface area (Å²) in [5.41, 5.74) is 7.13. The molecule has 3 nitrogen and oxygen atoms in total. The highest BCUT2D eigenvalue weighted by molar-refractivity contribution is 5.95. The third kappa shape index (κ3) is 4.10. The van der Waals surface area contributed by atoms with Crippen molar-refractivity contribution in [1.82, 2.24) is 0 Å². The first-order valence-corrected chi connectivity index (χ1v) is 6.34. The predicted molar refractivity (Wildman–Crippen MR) is 72.8 cm³/mol. The Morgan fingerprint density at radius 2 is 2.06 bits per heavy atom. The average Bonchev–Trinajstić information content (AvgIpc) is 2.33. The second-order valence-corrected chi connectivity index (χ2v) is 4.32. The maximum Gasteiger partial charge on any atom is 0.227 e. The number of hydrogen-bond donors (Lipinski definition) is 2. The van der Waals surface area contributed by atoms with E-state index >= 15 is 0 Å². The number of para-hydroxylation sites is 2. The van der Waals surface area contributed by atoms with Gasteiger partial charge in [-0.1, -0.05) is 38.8 Å². The van der Waals surface area contributed by atoms with Crippen LogP contribution in [0.15, 0.2) is 24.3 Å². The number of unbranched alkanes of at least 4 members (excludes halogenated alkanes) is 1. The van der Waals surface area contributed by atoms with Gasteiger partial charge in [-0.05, 0) is 25.0 Å². The number of carbonyl (C=O) groups is 1. The van der Waals surface area contributed by atoms with E-state index in [2.05, 4.69) is 12.2 Å². The quantitative estimate of drug-likeness (QED) is 0.741. The summed E-state index contributed by atoms with van der Waals surface area (Å²) < 4.78 is 0. The molecule has 1 amide bonds. The van der Waals surface area contributed by atoms with Gasteiger partial charge in [-0.3, -0.25) is 4.79 Å². The molecule has 0 saturated carbocycles. The molecule has 1 rings (SSSR count). The summed E-state index contributed by atoms with van der Waals surface area (Å²) in [6.45, 7) is 4.19. The summed E-state index contributed by atoms with van der Waals surface area (Å²) in [6.07, 6.45) is 4.04. The number of amides is 1. The van der Waals surface area contributed by atoms with Crippen molar-refractivity contribution in [2.45, 2.75) is 39.5 Å². The second kappa shape index (κ2) is 6.94. The summed E-state index contributed by atoms with van der Waals surface area (Å²) in [5, 5.41) is 2.91. The summed E-state index contributed by atoms with van der Waals surface area (Å²) in [5.74, 6) is 0.174. The zero-order valence-corrected chi connectivity index (χ0v) is 10.7. The lowest BCUT2D eigenvalue weighted by Gasteiger charge is -2.15. The van der Waals surface area contributed by atoms with E-state index in [0.717, 1.165) is 25.7 Å². The van der Waals surface area contributed by atoms with Gasteiger partial charge in [-0.25, -0.2) is 0 Å². The zero-order valence-electron chi connectivity index (χ0n) is 10.7. The summed E-state index contributed by atoms with van der Waals surface area (Å²) in [7, 11) is 0. The smallest absolute Gasteiger partial charge is 0.227 e. The molecule has 94 valence electrons. The fraction of sp³-hybridized carbons (Fsp3) is 0.500. The van der Waals surface area contributed by atoms with Crippen LogP contribution < -0.4 is 11.1 Å². The third-order valence-electron chi connectivity index (χ3n) is 2.99. The number of nitrogens with one attached hydrogen (secondary N) is 1. The van der Waals surface area contributed by atoms with Crippen molar-refractivity contribution in [1.29, 1.82) is 0 Å². The lowest BCUT2D eigenvalue weighted by molar-refractivity contribution is -0.120. The lowest BCUT2D eigenvalue weighted by Crippen LogP contribution is -2.22. The van der Waals surface area contributed by atoms with E-state index in [-0.39, 0.29) is 11.8 Å². The number of nitrogens with two attached hydrogens (primary N) is 1. The molecule has 1 aromatic rings. The predicted octanol–water partition coefficient (Wildman–Crippen LogP) is 3.42. The van der Waals surface area contributed by atoms with Gasteiger partial charge < -0.3 is 11.1 Å². The van der Waals surface area contributed by atoms with Gasteiger partial charge in [0.05, 0.1) is 11.4 Å². The number of hydrogen-bond acceptors (Lipinski definition) is 2. The molecule has 0 spiro atoms. The van der Waals surface area contributed by atoms with Crippen LogP contribution in [0, 0.1) is 5.92 Å². The highest BCUT2D eigenvalue weighted by atomic mass is 16.1. The van der Waals surface area contributed by atoms with Gasteiger partial charge in [0.25, 0.3) is 0 Å². The monoisotopic (exact) mass is 234 g/mol. The number of benzene rings is 1. The molecule has 0 radical (unpaired) electrons. The van der Waals surface area contributed by atoms with Gasteiger partial charge in [-0.15, -0.1) is 0 Å². The Bertz CT molecular complexity index is 363. The molecule has 0 saturated heterocycles. The fourth-order valence-electron chi connectivity index (χ4n) is 1.82. The van der Waals surface area contributed by atoms with Crippen molar-refractivity contribution in [2.24, 2.45) is 5.92 Å². The molecular weight excluding hydrogens is 212 g/mol. The van der Waals surface area contributed by atoms with Crippen LogP contribution in [-0.4, -0.2) is 5.91 Å². The Morgan fingerprint density at radius 3 is 2.65 bits per heavy atom. The third-order valence-corrected chi connectivity index (χ3v) is 2.99. The molecule has 0 aliphatic carbocycles.